The van der Waals surface area contributed by atoms with Gasteiger partial charge in [-0.3, -0.25) is 0 Å². The normalized spacial score (nSPS) is 10.4. The second-order valence-corrected chi connectivity index (χ2v) is 4.94. The second kappa shape index (κ2) is 3.71. The van der Waals surface area contributed by atoms with Crippen LogP contribution < -0.4 is 5.73 Å². The second-order valence-electron chi connectivity index (χ2n) is 3.03. The van der Waals surface area contributed by atoms with Crippen LogP contribution in [0.25, 0.3) is 10.4 Å². The summed E-state index contributed by atoms with van der Waals surface area (Å²) >= 11 is 4.98. The highest BCUT2D eigenvalue weighted by molar-refractivity contribution is 9.10. The molecule has 0 radical (unpaired) electrons. The van der Waals surface area contributed by atoms with Crippen LogP contribution in [0.5, 0.6) is 0 Å². The fourth-order valence-electron chi connectivity index (χ4n) is 1.22. The molecule has 0 saturated carbocycles. The van der Waals surface area contributed by atoms with Crippen molar-refractivity contribution in [2.75, 3.05) is 5.73 Å². The summed E-state index contributed by atoms with van der Waals surface area (Å²) in [4.78, 5) is 5.14. The van der Waals surface area contributed by atoms with Crippen molar-refractivity contribution in [2.45, 2.75) is 6.92 Å². The molecule has 72 valence electrons. The van der Waals surface area contributed by atoms with Gasteiger partial charge < -0.3 is 5.73 Å². The van der Waals surface area contributed by atoms with Gasteiger partial charge in [-0.15, -0.1) is 0 Å². The van der Waals surface area contributed by atoms with E-state index in [4.69, 9.17) is 5.73 Å². The van der Waals surface area contributed by atoms with Gasteiger partial charge >= 0.3 is 0 Å². The maximum absolute atomic E-state index is 5.58. The Labute approximate surface area is 94.9 Å². The molecule has 0 bridgehead atoms. The Morgan fingerprint density at radius 2 is 2.21 bits per heavy atom. The summed E-state index contributed by atoms with van der Waals surface area (Å²) in [5.41, 5.74) is 7.97. The molecule has 14 heavy (non-hydrogen) atoms. The molecule has 0 aliphatic rings. The van der Waals surface area contributed by atoms with E-state index in [2.05, 4.69) is 40.0 Å². The molecule has 2 rings (SSSR count). The molecular weight excluding hydrogens is 260 g/mol. The highest BCUT2D eigenvalue weighted by atomic mass is 79.9. The van der Waals surface area contributed by atoms with Gasteiger partial charge in [0.1, 0.15) is 0 Å². The van der Waals surface area contributed by atoms with Crippen LogP contribution in [0.4, 0.5) is 5.13 Å². The highest BCUT2D eigenvalue weighted by Crippen LogP contribution is 2.29. The Morgan fingerprint density at radius 1 is 1.43 bits per heavy atom. The molecule has 0 fully saturated rings. The minimum Gasteiger partial charge on any atom is -0.375 e. The van der Waals surface area contributed by atoms with E-state index in [1.165, 1.54) is 22.5 Å². The Morgan fingerprint density at radius 3 is 2.79 bits per heavy atom. The van der Waals surface area contributed by atoms with Gasteiger partial charge in [-0.05, 0) is 30.2 Å². The summed E-state index contributed by atoms with van der Waals surface area (Å²) in [5, 5.41) is 0.612. The number of hydrogen-bond acceptors (Lipinski definition) is 3. The van der Waals surface area contributed by atoms with Crippen molar-refractivity contribution in [1.29, 1.82) is 0 Å². The molecule has 1 aromatic carbocycles. The molecule has 0 spiro atoms. The van der Waals surface area contributed by atoms with Crippen molar-refractivity contribution in [3.63, 3.8) is 0 Å². The lowest BCUT2D eigenvalue weighted by atomic mass is 10.1. The number of aryl methyl sites for hydroxylation is 1. The smallest absolute Gasteiger partial charge is 0.180 e. The van der Waals surface area contributed by atoms with Crippen molar-refractivity contribution in [1.82, 2.24) is 4.98 Å². The molecule has 0 unspecified atom stereocenters. The van der Waals surface area contributed by atoms with Crippen LogP contribution in [0, 0.1) is 6.92 Å². The van der Waals surface area contributed by atoms with E-state index in [0.29, 0.717) is 5.13 Å². The van der Waals surface area contributed by atoms with Crippen LogP contribution in [0.2, 0.25) is 0 Å². The lowest BCUT2D eigenvalue weighted by molar-refractivity contribution is 1.41. The predicted molar refractivity (Wildman–Crippen MR) is 64.4 cm³/mol. The van der Waals surface area contributed by atoms with E-state index in [1.807, 2.05) is 12.3 Å². The molecule has 0 aliphatic carbocycles. The maximum Gasteiger partial charge on any atom is 0.180 e. The molecule has 0 aliphatic heterocycles. The number of nitrogen functional groups attached to an aromatic ring is 1. The lowest BCUT2D eigenvalue weighted by Gasteiger charge is -2.00. The number of hydrogen-bond donors (Lipinski definition) is 1. The fraction of sp³-hybridized carbons (Fsp3) is 0.100. The molecule has 1 heterocycles. The van der Waals surface area contributed by atoms with Gasteiger partial charge in [-0.2, -0.15) is 0 Å². The largest absolute Gasteiger partial charge is 0.375 e. The average Bonchev–Trinajstić information content (AvgIpc) is 2.57. The Kier molecular flexibility index (Phi) is 2.56. The van der Waals surface area contributed by atoms with Gasteiger partial charge in [0.05, 0.1) is 4.88 Å². The van der Waals surface area contributed by atoms with Crippen molar-refractivity contribution in [3.8, 4) is 10.4 Å². The fourth-order valence-corrected chi connectivity index (χ4v) is 2.15. The van der Waals surface area contributed by atoms with Gasteiger partial charge in [-0.25, -0.2) is 4.98 Å². The number of rotatable bonds is 1. The monoisotopic (exact) mass is 268 g/mol. The zero-order valence-electron chi connectivity index (χ0n) is 7.62. The predicted octanol–water partition coefficient (Wildman–Crippen LogP) is 3.46. The Balaban J connectivity index is 2.47. The molecule has 1 aromatic heterocycles. The number of aromatic nitrogens is 1. The summed E-state index contributed by atoms with van der Waals surface area (Å²) in [6.45, 7) is 2.07. The third-order valence-electron chi connectivity index (χ3n) is 1.97. The third kappa shape index (κ3) is 1.81. The standard InChI is InChI=1S/C10H9BrN2S/c1-6-4-7(2-3-8(6)11)9-5-13-10(12)14-9/h2-5H,1H3,(H2,12,13). The van der Waals surface area contributed by atoms with Gasteiger partial charge in [0.2, 0.25) is 0 Å². The molecule has 0 atom stereocenters. The van der Waals surface area contributed by atoms with Crippen LogP contribution in [0.3, 0.4) is 0 Å². The quantitative estimate of drug-likeness (QED) is 0.861. The number of thiazole rings is 1. The van der Waals surface area contributed by atoms with Crippen LogP contribution >= 0.6 is 27.3 Å². The van der Waals surface area contributed by atoms with Crippen LogP contribution in [-0.2, 0) is 0 Å². The highest BCUT2D eigenvalue weighted by Gasteiger charge is 2.03. The minimum absolute atomic E-state index is 0.612. The number of nitrogens with two attached hydrogens (primary N) is 1. The number of halogens is 1. The summed E-state index contributed by atoms with van der Waals surface area (Å²) in [6, 6.07) is 6.22. The van der Waals surface area contributed by atoms with Crippen molar-refractivity contribution in [2.24, 2.45) is 0 Å². The zero-order valence-corrected chi connectivity index (χ0v) is 10.0. The summed E-state index contributed by atoms with van der Waals surface area (Å²) in [5.74, 6) is 0. The van der Waals surface area contributed by atoms with Crippen LogP contribution in [-0.4, -0.2) is 4.98 Å². The van der Waals surface area contributed by atoms with E-state index in [0.717, 1.165) is 9.35 Å². The van der Waals surface area contributed by atoms with Gasteiger partial charge in [0.15, 0.2) is 5.13 Å². The number of benzene rings is 1. The van der Waals surface area contributed by atoms with Crippen molar-refractivity contribution < 1.29 is 0 Å². The lowest BCUT2D eigenvalue weighted by Crippen LogP contribution is -1.77. The first-order valence-corrected chi connectivity index (χ1v) is 5.75. The molecule has 2 nitrogen and oxygen atoms in total. The van der Waals surface area contributed by atoms with E-state index >= 15 is 0 Å². The molecule has 0 saturated heterocycles. The molecular formula is C10H9BrN2S. The van der Waals surface area contributed by atoms with Crippen molar-refractivity contribution in [3.05, 3.63) is 34.4 Å². The Bertz CT molecular complexity index is 465. The van der Waals surface area contributed by atoms with Crippen LogP contribution in [0.15, 0.2) is 28.9 Å². The van der Waals surface area contributed by atoms with Crippen LogP contribution in [0.1, 0.15) is 5.56 Å². The van der Waals surface area contributed by atoms with E-state index in [-0.39, 0.29) is 0 Å². The topological polar surface area (TPSA) is 38.9 Å². The first-order valence-electron chi connectivity index (χ1n) is 4.14. The Hall–Kier alpha value is -0.870. The third-order valence-corrected chi connectivity index (χ3v) is 3.73. The first-order chi connectivity index (χ1) is 6.66. The SMILES string of the molecule is Cc1cc(-c2cnc(N)s2)ccc1Br. The summed E-state index contributed by atoms with van der Waals surface area (Å²) < 4.78 is 1.12. The van der Waals surface area contributed by atoms with E-state index in [1.54, 1.807) is 0 Å². The number of anilines is 1. The molecule has 2 aromatic rings. The van der Waals surface area contributed by atoms with Crippen molar-refractivity contribution >= 4 is 32.4 Å². The minimum atomic E-state index is 0.612. The van der Waals surface area contributed by atoms with Gasteiger partial charge in [0, 0.05) is 10.7 Å². The number of nitrogens with zero attached hydrogens (tertiary/aromatic N) is 1. The average molecular weight is 269 g/mol. The van der Waals surface area contributed by atoms with Gasteiger partial charge in [0.25, 0.3) is 0 Å². The van der Waals surface area contributed by atoms with E-state index in [9.17, 15) is 0 Å². The first kappa shape index (κ1) is 9.68. The molecule has 0 amide bonds. The molecule has 4 heteroatoms. The molecule has 2 N–H and O–H groups in total. The zero-order chi connectivity index (χ0) is 10.1. The maximum atomic E-state index is 5.58. The van der Waals surface area contributed by atoms with Gasteiger partial charge in [-0.1, -0.05) is 33.3 Å². The summed E-state index contributed by atoms with van der Waals surface area (Å²) in [6.07, 6.45) is 1.81. The summed E-state index contributed by atoms with van der Waals surface area (Å²) in [7, 11) is 0. The van der Waals surface area contributed by atoms with E-state index < -0.39 is 0 Å².